The fourth-order valence-corrected chi connectivity index (χ4v) is 1.89. The molecule has 0 aromatic carbocycles. The number of nitrogens with one attached hydrogen (secondary N) is 1. The molecule has 0 fully saturated rings. The predicted molar refractivity (Wildman–Crippen MR) is 74.3 cm³/mol. The number of hydrogen-bond acceptors (Lipinski definition) is 3. The molecular weight excluding hydrogens is 226 g/mol. The van der Waals surface area contributed by atoms with Crippen LogP contribution in [-0.2, 0) is 4.79 Å². The van der Waals surface area contributed by atoms with Crippen LogP contribution in [0, 0.1) is 12.8 Å². The molecule has 1 aromatic rings. The van der Waals surface area contributed by atoms with Gasteiger partial charge in [0.05, 0.1) is 11.9 Å². The summed E-state index contributed by atoms with van der Waals surface area (Å²) in [6.07, 6.45) is 5.21. The maximum absolute atomic E-state index is 11.8. The van der Waals surface area contributed by atoms with Crippen LogP contribution < -0.4 is 11.1 Å². The van der Waals surface area contributed by atoms with Crippen molar-refractivity contribution in [2.24, 2.45) is 11.7 Å². The number of hydrogen-bond donors (Lipinski definition) is 2. The van der Waals surface area contributed by atoms with E-state index in [1.807, 2.05) is 19.1 Å². The normalized spacial score (nSPS) is 12.2. The monoisotopic (exact) mass is 249 g/mol. The molecule has 1 amide bonds. The highest BCUT2D eigenvalue weighted by molar-refractivity contribution is 5.90. The van der Waals surface area contributed by atoms with Crippen molar-refractivity contribution in [1.29, 1.82) is 0 Å². The summed E-state index contributed by atoms with van der Waals surface area (Å²) in [6, 6.07) is 3.76. The average molecular weight is 249 g/mol. The fourth-order valence-electron chi connectivity index (χ4n) is 1.89. The average Bonchev–Trinajstić information content (AvgIpc) is 2.37. The van der Waals surface area contributed by atoms with Gasteiger partial charge in [-0.05, 0) is 44.4 Å². The van der Waals surface area contributed by atoms with E-state index in [9.17, 15) is 4.79 Å². The number of nitrogens with two attached hydrogens (primary N) is 1. The van der Waals surface area contributed by atoms with Gasteiger partial charge in [0.1, 0.15) is 0 Å². The van der Waals surface area contributed by atoms with Crippen LogP contribution in [0.2, 0.25) is 0 Å². The molecule has 0 radical (unpaired) electrons. The van der Waals surface area contributed by atoms with Crippen molar-refractivity contribution in [3.63, 3.8) is 0 Å². The first-order valence-corrected chi connectivity index (χ1v) is 6.58. The molecule has 0 aliphatic carbocycles. The Morgan fingerprint density at radius 1 is 1.44 bits per heavy atom. The molecule has 1 aromatic heterocycles. The van der Waals surface area contributed by atoms with Crippen LogP contribution in [0.25, 0.3) is 0 Å². The summed E-state index contributed by atoms with van der Waals surface area (Å²) >= 11 is 0. The molecule has 0 bridgehead atoms. The van der Waals surface area contributed by atoms with Gasteiger partial charge in [0.2, 0.25) is 5.91 Å². The van der Waals surface area contributed by atoms with Crippen LogP contribution in [0.3, 0.4) is 0 Å². The second-order valence-electron chi connectivity index (χ2n) is 4.63. The zero-order valence-electron chi connectivity index (χ0n) is 11.3. The van der Waals surface area contributed by atoms with Crippen LogP contribution in [0.4, 0.5) is 5.69 Å². The third-order valence-corrected chi connectivity index (χ3v) is 3.13. The first-order chi connectivity index (χ1) is 8.65. The number of aromatic nitrogens is 1. The smallest absolute Gasteiger partial charge is 0.224 e. The summed E-state index contributed by atoms with van der Waals surface area (Å²) < 4.78 is 0. The van der Waals surface area contributed by atoms with Crippen molar-refractivity contribution >= 4 is 11.6 Å². The molecule has 100 valence electrons. The summed E-state index contributed by atoms with van der Waals surface area (Å²) in [6.45, 7) is 4.76. The van der Waals surface area contributed by atoms with E-state index < -0.39 is 0 Å². The maximum atomic E-state index is 11.8. The number of anilines is 1. The van der Waals surface area contributed by atoms with Crippen LogP contribution in [-0.4, -0.2) is 17.4 Å². The van der Waals surface area contributed by atoms with Crippen LogP contribution in [0.15, 0.2) is 18.3 Å². The largest absolute Gasteiger partial charge is 0.330 e. The summed E-state index contributed by atoms with van der Waals surface area (Å²) in [5.74, 6) is 0.605. The van der Waals surface area contributed by atoms with Gasteiger partial charge in [-0.1, -0.05) is 13.3 Å². The minimum absolute atomic E-state index is 0.0520. The Bertz CT molecular complexity index is 362. The van der Waals surface area contributed by atoms with E-state index in [0.29, 0.717) is 18.9 Å². The van der Waals surface area contributed by atoms with Crippen molar-refractivity contribution in [2.45, 2.75) is 39.5 Å². The Morgan fingerprint density at radius 3 is 2.78 bits per heavy atom. The lowest BCUT2D eigenvalue weighted by molar-refractivity contribution is -0.116. The van der Waals surface area contributed by atoms with E-state index in [2.05, 4.69) is 17.2 Å². The summed E-state index contributed by atoms with van der Waals surface area (Å²) in [4.78, 5) is 15.9. The number of pyridine rings is 1. The van der Waals surface area contributed by atoms with Gasteiger partial charge in [0.25, 0.3) is 0 Å². The van der Waals surface area contributed by atoms with E-state index in [0.717, 1.165) is 30.6 Å². The maximum Gasteiger partial charge on any atom is 0.224 e. The lowest BCUT2D eigenvalue weighted by atomic mass is 9.96. The Labute approximate surface area is 109 Å². The molecule has 1 heterocycles. The van der Waals surface area contributed by atoms with Gasteiger partial charge in [0, 0.05) is 12.1 Å². The third-order valence-electron chi connectivity index (χ3n) is 3.13. The van der Waals surface area contributed by atoms with Crippen molar-refractivity contribution in [3.05, 3.63) is 24.0 Å². The summed E-state index contributed by atoms with van der Waals surface area (Å²) in [5, 5.41) is 2.86. The number of rotatable bonds is 7. The van der Waals surface area contributed by atoms with Gasteiger partial charge in [-0.3, -0.25) is 9.78 Å². The molecular formula is C14H23N3O. The van der Waals surface area contributed by atoms with Crippen molar-refractivity contribution < 1.29 is 4.79 Å². The fraction of sp³-hybridized carbons (Fsp3) is 0.571. The Kier molecular flexibility index (Phi) is 6.36. The highest BCUT2D eigenvalue weighted by Crippen LogP contribution is 2.15. The Morgan fingerprint density at radius 2 is 2.22 bits per heavy atom. The quantitative estimate of drug-likeness (QED) is 0.780. The molecule has 1 unspecified atom stereocenters. The minimum atomic E-state index is 0.0520. The standard InChI is InChI=1S/C14H23N3O/c1-3-12(8-9-15)5-7-14(18)17-13-6-4-11(2)16-10-13/h4,6,10,12H,3,5,7-9,15H2,1-2H3,(H,17,18). The first-order valence-electron chi connectivity index (χ1n) is 6.58. The SMILES string of the molecule is CCC(CCN)CCC(=O)Nc1ccc(C)nc1. The van der Waals surface area contributed by atoms with Gasteiger partial charge in [-0.2, -0.15) is 0 Å². The van der Waals surface area contributed by atoms with Gasteiger partial charge >= 0.3 is 0 Å². The molecule has 4 nitrogen and oxygen atoms in total. The topological polar surface area (TPSA) is 68.0 Å². The molecule has 0 saturated carbocycles. The van der Waals surface area contributed by atoms with Crippen LogP contribution in [0.1, 0.15) is 38.3 Å². The van der Waals surface area contributed by atoms with Crippen LogP contribution >= 0.6 is 0 Å². The Hall–Kier alpha value is -1.42. The molecule has 1 rings (SSSR count). The van der Waals surface area contributed by atoms with E-state index in [-0.39, 0.29) is 5.91 Å². The van der Waals surface area contributed by atoms with Crippen molar-refractivity contribution in [3.8, 4) is 0 Å². The number of nitrogens with zero attached hydrogens (tertiary/aromatic N) is 1. The van der Waals surface area contributed by atoms with Crippen molar-refractivity contribution in [1.82, 2.24) is 4.98 Å². The molecule has 4 heteroatoms. The number of carbonyl (C=O) groups excluding carboxylic acids is 1. The molecule has 3 N–H and O–H groups in total. The van der Waals surface area contributed by atoms with Crippen molar-refractivity contribution in [2.75, 3.05) is 11.9 Å². The zero-order chi connectivity index (χ0) is 13.4. The van der Waals surface area contributed by atoms with Gasteiger partial charge in [0.15, 0.2) is 0 Å². The lowest BCUT2D eigenvalue weighted by Crippen LogP contribution is -2.15. The van der Waals surface area contributed by atoms with Gasteiger partial charge in [-0.25, -0.2) is 0 Å². The number of amides is 1. The Balaban J connectivity index is 2.35. The second kappa shape index (κ2) is 7.82. The van der Waals surface area contributed by atoms with Gasteiger partial charge < -0.3 is 11.1 Å². The molecule has 0 spiro atoms. The zero-order valence-corrected chi connectivity index (χ0v) is 11.3. The number of carbonyl (C=O) groups is 1. The molecule has 1 atom stereocenters. The van der Waals surface area contributed by atoms with E-state index in [4.69, 9.17) is 5.73 Å². The molecule has 0 saturated heterocycles. The minimum Gasteiger partial charge on any atom is -0.330 e. The molecule has 18 heavy (non-hydrogen) atoms. The van der Waals surface area contributed by atoms with Crippen LogP contribution in [0.5, 0.6) is 0 Å². The highest BCUT2D eigenvalue weighted by Gasteiger charge is 2.09. The number of aryl methyl sites for hydroxylation is 1. The van der Waals surface area contributed by atoms with E-state index in [1.54, 1.807) is 6.20 Å². The third kappa shape index (κ3) is 5.27. The lowest BCUT2D eigenvalue weighted by Gasteiger charge is -2.13. The summed E-state index contributed by atoms with van der Waals surface area (Å²) in [5.41, 5.74) is 7.25. The highest BCUT2D eigenvalue weighted by atomic mass is 16.1. The predicted octanol–water partition coefficient (Wildman–Crippen LogP) is 2.48. The second-order valence-corrected chi connectivity index (χ2v) is 4.63. The molecule has 0 aliphatic heterocycles. The summed E-state index contributed by atoms with van der Waals surface area (Å²) in [7, 11) is 0. The van der Waals surface area contributed by atoms with Gasteiger partial charge in [-0.15, -0.1) is 0 Å². The van der Waals surface area contributed by atoms with E-state index in [1.165, 1.54) is 0 Å². The molecule has 0 aliphatic rings. The first kappa shape index (κ1) is 14.6. The van der Waals surface area contributed by atoms with E-state index >= 15 is 0 Å².